The molecule has 1 aliphatic carbocycles. The van der Waals surface area contributed by atoms with Crippen LogP contribution in [0.1, 0.15) is 64.7 Å². The van der Waals surface area contributed by atoms with Crippen LogP contribution in [0.2, 0.25) is 0 Å². The maximum absolute atomic E-state index is 11.5. The molecule has 0 bridgehead atoms. The lowest BCUT2D eigenvalue weighted by Crippen LogP contribution is -2.16. The van der Waals surface area contributed by atoms with E-state index in [0.717, 1.165) is 25.7 Å². The summed E-state index contributed by atoms with van der Waals surface area (Å²) in [6.07, 6.45) is 15.0. The molecule has 15 heavy (non-hydrogen) atoms. The maximum atomic E-state index is 11.5. The van der Waals surface area contributed by atoms with Crippen LogP contribution in [0.5, 0.6) is 0 Å². The van der Waals surface area contributed by atoms with Gasteiger partial charge in [0.25, 0.3) is 0 Å². The van der Waals surface area contributed by atoms with Gasteiger partial charge in [0.05, 0.1) is 0 Å². The minimum absolute atomic E-state index is 0.255. The van der Waals surface area contributed by atoms with Crippen molar-refractivity contribution >= 4 is 5.78 Å². The first-order valence-electron chi connectivity index (χ1n) is 6.54. The first-order chi connectivity index (χ1) is 7.34. The van der Waals surface area contributed by atoms with Crippen LogP contribution < -0.4 is 0 Å². The Labute approximate surface area is 93.9 Å². The molecule has 86 valence electrons. The first kappa shape index (κ1) is 12.5. The van der Waals surface area contributed by atoms with E-state index in [4.69, 9.17) is 0 Å². The molecule has 0 amide bonds. The van der Waals surface area contributed by atoms with Crippen LogP contribution in [0.4, 0.5) is 0 Å². The Morgan fingerprint density at radius 3 is 2.87 bits per heavy atom. The highest BCUT2D eigenvalue weighted by Gasteiger charge is 2.18. The lowest BCUT2D eigenvalue weighted by molar-refractivity contribution is -0.122. The van der Waals surface area contributed by atoms with E-state index in [2.05, 4.69) is 19.1 Å². The molecule has 1 aliphatic rings. The maximum Gasteiger partial charge on any atom is 0.139 e. The van der Waals surface area contributed by atoms with Crippen molar-refractivity contribution in [1.82, 2.24) is 0 Å². The van der Waals surface area contributed by atoms with Crippen molar-refractivity contribution in [3.05, 3.63) is 12.2 Å². The van der Waals surface area contributed by atoms with E-state index in [1.807, 2.05) is 0 Å². The molecule has 1 unspecified atom stereocenters. The van der Waals surface area contributed by atoms with Gasteiger partial charge in [0.1, 0.15) is 5.78 Å². The minimum Gasteiger partial charge on any atom is -0.299 e. The van der Waals surface area contributed by atoms with Crippen LogP contribution in [0.25, 0.3) is 0 Å². The molecule has 1 atom stereocenters. The van der Waals surface area contributed by atoms with E-state index in [9.17, 15) is 4.79 Å². The van der Waals surface area contributed by atoms with Gasteiger partial charge in [-0.15, -0.1) is 0 Å². The lowest BCUT2D eigenvalue weighted by Gasteiger charge is -2.16. The summed E-state index contributed by atoms with van der Waals surface area (Å²) in [7, 11) is 0. The molecule has 1 rings (SSSR count). The Morgan fingerprint density at radius 2 is 2.13 bits per heavy atom. The van der Waals surface area contributed by atoms with Crippen molar-refractivity contribution in [2.45, 2.75) is 64.7 Å². The highest BCUT2D eigenvalue weighted by molar-refractivity contribution is 5.83. The van der Waals surface area contributed by atoms with Crippen LogP contribution in [-0.2, 0) is 4.79 Å². The molecule has 0 radical (unpaired) electrons. The standard InChI is InChI=1S/C14H24O/c1-2-3-4-5-6-7-10-13-11-8-9-12-14(13)15/h7,10,13H,2-6,8-9,11-12H2,1H3/b10-7+. The summed E-state index contributed by atoms with van der Waals surface area (Å²) < 4.78 is 0. The number of Topliss-reactive ketones (excluding diaryl/α,β-unsaturated/α-hetero) is 1. The largest absolute Gasteiger partial charge is 0.299 e. The van der Waals surface area contributed by atoms with Gasteiger partial charge in [0.15, 0.2) is 0 Å². The summed E-state index contributed by atoms with van der Waals surface area (Å²) in [5.74, 6) is 0.719. The minimum atomic E-state index is 0.255. The molecule has 0 saturated heterocycles. The number of hydrogen-bond donors (Lipinski definition) is 0. The average molecular weight is 208 g/mol. The molecular formula is C14H24O. The molecule has 0 heterocycles. The number of rotatable bonds is 6. The summed E-state index contributed by atoms with van der Waals surface area (Å²) in [6, 6.07) is 0. The van der Waals surface area contributed by atoms with Gasteiger partial charge in [-0.05, 0) is 25.7 Å². The normalized spacial score (nSPS) is 22.5. The fraction of sp³-hybridized carbons (Fsp3) is 0.786. The predicted octanol–water partition coefficient (Wildman–Crippen LogP) is 4.27. The molecular weight excluding hydrogens is 184 g/mol. The molecule has 1 nitrogen and oxygen atoms in total. The third-order valence-corrected chi connectivity index (χ3v) is 3.19. The van der Waals surface area contributed by atoms with Gasteiger partial charge in [-0.25, -0.2) is 0 Å². The Hall–Kier alpha value is -0.590. The number of unbranched alkanes of at least 4 members (excludes halogenated alkanes) is 4. The van der Waals surface area contributed by atoms with E-state index in [1.54, 1.807) is 0 Å². The summed E-state index contributed by atoms with van der Waals surface area (Å²) in [4.78, 5) is 11.5. The quantitative estimate of drug-likeness (QED) is 0.470. The molecule has 1 fully saturated rings. The Bertz CT molecular complexity index is 205. The molecule has 1 heteroatoms. The SMILES string of the molecule is CCCCCC/C=C/C1CCCCC1=O. The van der Waals surface area contributed by atoms with Crippen molar-refractivity contribution in [3.63, 3.8) is 0 Å². The summed E-state index contributed by atoms with van der Waals surface area (Å²) >= 11 is 0. The fourth-order valence-corrected chi connectivity index (χ4v) is 2.16. The van der Waals surface area contributed by atoms with Crippen LogP contribution in [0.15, 0.2) is 12.2 Å². The Morgan fingerprint density at radius 1 is 1.27 bits per heavy atom. The smallest absolute Gasteiger partial charge is 0.139 e. The third kappa shape index (κ3) is 5.15. The van der Waals surface area contributed by atoms with E-state index in [0.29, 0.717) is 5.78 Å². The van der Waals surface area contributed by atoms with Gasteiger partial charge >= 0.3 is 0 Å². The summed E-state index contributed by atoms with van der Waals surface area (Å²) in [6.45, 7) is 2.23. The molecule has 0 aromatic carbocycles. The van der Waals surface area contributed by atoms with E-state index < -0.39 is 0 Å². The monoisotopic (exact) mass is 208 g/mol. The van der Waals surface area contributed by atoms with Gasteiger partial charge in [-0.2, -0.15) is 0 Å². The predicted molar refractivity (Wildman–Crippen MR) is 64.9 cm³/mol. The van der Waals surface area contributed by atoms with Gasteiger partial charge in [0.2, 0.25) is 0 Å². The highest BCUT2D eigenvalue weighted by atomic mass is 16.1. The number of carbonyl (C=O) groups excluding carboxylic acids is 1. The molecule has 1 saturated carbocycles. The topological polar surface area (TPSA) is 17.1 Å². The Kier molecular flexibility index (Phi) is 6.38. The van der Waals surface area contributed by atoms with E-state index in [-0.39, 0.29) is 5.92 Å². The van der Waals surface area contributed by atoms with E-state index in [1.165, 1.54) is 32.1 Å². The van der Waals surface area contributed by atoms with Crippen LogP contribution in [0, 0.1) is 5.92 Å². The molecule has 0 spiro atoms. The Balaban J connectivity index is 2.10. The zero-order valence-electron chi connectivity index (χ0n) is 10.0. The van der Waals surface area contributed by atoms with Crippen molar-refractivity contribution in [2.75, 3.05) is 0 Å². The van der Waals surface area contributed by atoms with E-state index >= 15 is 0 Å². The van der Waals surface area contributed by atoms with Crippen molar-refractivity contribution in [1.29, 1.82) is 0 Å². The second-order valence-electron chi connectivity index (χ2n) is 4.60. The average Bonchev–Trinajstić information content (AvgIpc) is 2.25. The molecule has 0 aromatic heterocycles. The van der Waals surface area contributed by atoms with Gasteiger partial charge < -0.3 is 0 Å². The van der Waals surface area contributed by atoms with Crippen molar-refractivity contribution < 1.29 is 4.79 Å². The molecule has 0 N–H and O–H groups in total. The first-order valence-corrected chi connectivity index (χ1v) is 6.54. The molecule has 0 aliphatic heterocycles. The number of ketones is 1. The second kappa shape index (κ2) is 7.67. The summed E-state index contributed by atoms with van der Waals surface area (Å²) in [5.41, 5.74) is 0. The van der Waals surface area contributed by atoms with Crippen LogP contribution in [0.3, 0.4) is 0 Å². The number of carbonyl (C=O) groups is 1. The zero-order chi connectivity index (χ0) is 10.9. The molecule has 0 aromatic rings. The van der Waals surface area contributed by atoms with Crippen molar-refractivity contribution in [2.24, 2.45) is 5.92 Å². The van der Waals surface area contributed by atoms with Gasteiger partial charge in [0, 0.05) is 12.3 Å². The summed E-state index contributed by atoms with van der Waals surface area (Å²) in [5, 5.41) is 0. The second-order valence-corrected chi connectivity index (χ2v) is 4.60. The van der Waals surface area contributed by atoms with Crippen LogP contribution in [-0.4, -0.2) is 5.78 Å². The van der Waals surface area contributed by atoms with Gasteiger partial charge in [-0.3, -0.25) is 4.79 Å². The third-order valence-electron chi connectivity index (χ3n) is 3.19. The number of hydrogen-bond acceptors (Lipinski definition) is 1. The highest BCUT2D eigenvalue weighted by Crippen LogP contribution is 2.21. The fourth-order valence-electron chi connectivity index (χ4n) is 2.16. The lowest BCUT2D eigenvalue weighted by atomic mass is 9.87. The zero-order valence-corrected chi connectivity index (χ0v) is 10.0. The van der Waals surface area contributed by atoms with Crippen LogP contribution >= 0.6 is 0 Å². The van der Waals surface area contributed by atoms with Crippen molar-refractivity contribution in [3.8, 4) is 0 Å². The number of allylic oxidation sites excluding steroid dienone is 2. The van der Waals surface area contributed by atoms with Gasteiger partial charge in [-0.1, -0.05) is 44.8 Å².